The molecule has 3 nitrogen and oxygen atoms in total. The molecule has 0 aromatic rings. The van der Waals surface area contributed by atoms with Gasteiger partial charge in [-0.1, -0.05) is 0 Å². The molecule has 0 aromatic heterocycles. The van der Waals surface area contributed by atoms with Gasteiger partial charge in [0, 0.05) is 5.92 Å². The third kappa shape index (κ3) is 1.50. The topological polar surface area (TPSA) is 34.0 Å². The Morgan fingerprint density at radius 2 is 1.94 bits per heavy atom. The van der Waals surface area contributed by atoms with Crippen LogP contribution in [0.1, 0.15) is 26.2 Å². The summed E-state index contributed by atoms with van der Waals surface area (Å²) in [5.41, 5.74) is -0.0154. The summed E-state index contributed by atoms with van der Waals surface area (Å²) in [5.74, 6) is 1.53. The third-order valence-electron chi connectivity index (χ3n) is 4.36. The number of rotatable bonds is 2. The molecule has 3 rings (SSSR count). The van der Waals surface area contributed by atoms with Crippen LogP contribution in [-0.2, 0) is 4.43 Å². The lowest BCUT2D eigenvalue weighted by molar-refractivity contribution is 0.0642. The Hall–Kier alpha value is -0.223. The summed E-state index contributed by atoms with van der Waals surface area (Å²) >= 11 is 0. The second kappa shape index (κ2) is 3.16. The highest BCUT2D eigenvalue weighted by molar-refractivity contribution is 6.69. The first-order valence-corrected chi connectivity index (χ1v) is 9.90. The monoisotopic (exact) mass is 238 g/mol. The minimum Gasteiger partial charge on any atom is -0.410 e. The maximum atomic E-state index is 6.44. The molecule has 0 aromatic carbocycles. The number of azo groups is 1. The summed E-state index contributed by atoms with van der Waals surface area (Å²) in [4.78, 5) is 0. The van der Waals surface area contributed by atoms with Crippen LogP contribution in [0.5, 0.6) is 0 Å². The molecule has 2 saturated carbocycles. The second-order valence-electron chi connectivity index (χ2n) is 6.89. The van der Waals surface area contributed by atoms with E-state index in [1.165, 1.54) is 19.3 Å². The van der Waals surface area contributed by atoms with Crippen LogP contribution in [0.2, 0.25) is 19.6 Å². The maximum absolute atomic E-state index is 6.44. The molecule has 0 radical (unpaired) electrons. The fourth-order valence-corrected chi connectivity index (χ4v) is 5.73. The predicted octanol–water partition coefficient (Wildman–Crippen LogP) is 3.23. The molecule has 1 heterocycles. The molecule has 16 heavy (non-hydrogen) atoms. The predicted molar refractivity (Wildman–Crippen MR) is 66.1 cm³/mol. The highest BCUT2D eigenvalue weighted by Crippen LogP contribution is 2.56. The average molecular weight is 238 g/mol. The van der Waals surface area contributed by atoms with Crippen molar-refractivity contribution in [1.82, 2.24) is 0 Å². The molecule has 0 amide bonds. The van der Waals surface area contributed by atoms with E-state index in [-0.39, 0.29) is 5.60 Å². The molecular formula is C12H22N2OSi. The van der Waals surface area contributed by atoms with Gasteiger partial charge in [-0.05, 0) is 51.7 Å². The lowest BCUT2D eigenvalue weighted by atomic mass is 9.93. The summed E-state index contributed by atoms with van der Waals surface area (Å²) in [6.45, 7) is 9.09. The van der Waals surface area contributed by atoms with E-state index in [1.54, 1.807) is 0 Å². The van der Waals surface area contributed by atoms with Crippen LogP contribution in [0.25, 0.3) is 0 Å². The van der Waals surface area contributed by atoms with E-state index in [1.807, 2.05) is 0 Å². The van der Waals surface area contributed by atoms with Crippen molar-refractivity contribution in [2.45, 2.75) is 63.5 Å². The number of nitrogens with zero attached hydrogens (tertiary/aromatic N) is 2. The molecule has 3 aliphatic rings. The zero-order chi connectivity index (χ0) is 11.6. The molecule has 2 aliphatic carbocycles. The molecule has 0 saturated heterocycles. The van der Waals surface area contributed by atoms with Crippen LogP contribution < -0.4 is 0 Å². The zero-order valence-electron chi connectivity index (χ0n) is 10.7. The Morgan fingerprint density at radius 3 is 2.62 bits per heavy atom. The summed E-state index contributed by atoms with van der Waals surface area (Å²) in [5, 5.41) is 9.01. The SMILES string of the molecule is CC1(O[Si](C)(C)C)CC2CCC3N=NC1C23. The van der Waals surface area contributed by atoms with Crippen molar-refractivity contribution in [3.05, 3.63) is 0 Å². The Bertz CT molecular complexity index is 338. The first kappa shape index (κ1) is 10.9. The fraction of sp³-hybridized carbons (Fsp3) is 1.00. The standard InChI is InChI=1S/C12H22N2OSi/c1-12(15-16(2,3)4)7-8-5-6-9-10(8)11(12)14-13-9/h8-11H,5-7H2,1-4H3. The van der Waals surface area contributed by atoms with Crippen molar-refractivity contribution >= 4 is 8.32 Å². The van der Waals surface area contributed by atoms with Gasteiger partial charge in [0.1, 0.15) is 6.04 Å². The summed E-state index contributed by atoms with van der Waals surface area (Å²) < 4.78 is 6.44. The first-order valence-electron chi connectivity index (χ1n) is 6.49. The smallest absolute Gasteiger partial charge is 0.184 e. The summed E-state index contributed by atoms with van der Waals surface area (Å²) in [6, 6.07) is 0.888. The van der Waals surface area contributed by atoms with Crippen molar-refractivity contribution in [1.29, 1.82) is 0 Å². The van der Waals surface area contributed by atoms with Crippen molar-refractivity contribution in [2.24, 2.45) is 22.1 Å². The van der Waals surface area contributed by atoms with E-state index in [9.17, 15) is 0 Å². The molecule has 2 fully saturated rings. The minimum atomic E-state index is -1.48. The van der Waals surface area contributed by atoms with Crippen LogP contribution >= 0.6 is 0 Å². The summed E-state index contributed by atoms with van der Waals surface area (Å²) in [6.07, 6.45) is 3.82. The Morgan fingerprint density at radius 1 is 1.19 bits per heavy atom. The van der Waals surface area contributed by atoms with E-state index in [0.717, 1.165) is 5.92 Å². The van der Waals surface area contributed by atoms with Crippen molar-refractivity contribution < 1.29 is 4.43 Å². The Balaban J connectivity index is 1.86. The minimum absolute atomic E-state index is 0.0154. The van der Waals surface area contributed by atoms with Crippen LogP contribution in [0.4, 0.5) is 0 Å². The normalized spacial score (nSPS) is 50.0. The molecule has 90 valence electrons. The lowest BCUT2D eigenvalue weighted by Gasteiger charge is -2.36. The molecule has 5 atom stereocenters. The van der Waals surface area contributed by atoms with Crippen LogP contribution in [-0.4, -0.2) is 26.0 Å². The van der Waals surface area contributed by atoms with Gasteiger partial charge >= 0.3 is 0 Å². The van der Waals surface area contributed by atoms with Crippen molar-refractivity contribution in [2.75, 3.05) is 0 Å². The molecule has 0 spiro atoms. The Kier molecular flexibility index (Phi) is 2.16. The van der Waals surface area contributed by atoms with Gasteiger partial charge in [0.2, 0.25) is 0 Å². The van der Waals surface area contributed by atoms with Gasteiger partial charge < -0.3 is 4.43 Å². The fourth-order valence-electron chi connectivity index (χ4n) is 4.13. The molecule has 0 N–H and O–H groups in total. The first-order chi connectivity index (χ1) is 7.39. The molecule has 1 aliphatic heterocycles. The molecule has 0 bridgehead atoms. The van der Waals surface area contributed by atoms with E-state index in [0.29, 0.717) is 18.0 Å². The van der Waals surface area contributed by atoms with Crippen molar-refractivity contribution in [3.63, 3.8) is 0 Å². The van der Waals surface area contributed by atoms with Gasteiger partial charge in [0.15, 0.2) is 8.32 Å². The lowest BCUT2D eigenvalue weighted by Crippen LogP contribution is -2.46. The molecular weight excluding hydrogens is 216 g/mol. The van der Waals surface area contributed by atoms with Crippen LogP contribution in [0, 0.1) is 11.8 Å². The van der Waals surface area contributed by atoms with Crippen molar-refractivity contribution in [3.8, 4) is 0 Å². The van der Waals surface area contributed by atoms with Gasteiger partial charge in [0.25, 0.3) is 0 Å². The van der Waals surface area contributed by atoms with E-state index in [4.69, 9.17) is 4.43 Å². The largest absolute Gasteiger partial charge is 0.410 e. The summed E-state index contributed by atoms with van der Waals surface area (Å²) in [7, 11) is -1.48. The third-order valence-corrected chi connectivity index (χ3v) is 5.44. The quantitative estimate of drug-likeness (QED) is 0.680. The van der Waals surface area contributed by atoms with Gasteiger partial charge in [-0.3, -0.25) is 0 Å². The van der Waals surface area contributed by atoms with E-state index < -0.39 is 8.32 Å². The number of hydrogen-bond donors (Lipinski definition) is 0. The van der Waals surface area contributed by atoms with Gasteiger partial charge in [-0.25, -0.2) is 0 Å². The molecule has 5 unspecified atom stereocenters. The van der Waals surface area contributed by atoms with Gasteiger partial charge in [-0.15, -0.1) is 0 Å². The van der Waals surface area contributed by atoms with Crippen LogP contribution in [0.3, 0.4) is 0 Å². The molecule has 4 heteroatoms. The highest BCUT2D eigenvalue weighted by Gasteiger charge is 2.60. The Labute approximate surface area is 98.8 Å². The van der Waals surface area contributed by atoms with Crippen LogP contribution in [0.15, 0.2) is 10.2 Å². The maximum Gasteiger partial charge on any atom is 0.184 e. The average Bonchev–Trinajstić information content (AvgIpc) is 2.67. The van der Waals surface area contributed by atoms with Gasteiger partial charge in [0.05, 0.1) is 11.6 Å². The highest BCUT2D eigenvalue weighted by atomic mass is 28.4. The number of hydrogen-bond acceptors (Lipinski definition) is 3. The van der Waals surface area contributed by atoms with E-state index >= 15 is 0 Å². The van der Waals surface area contributed by atoms with Gasteiger partial charge in [-0.2, -0.15) is 10.2 Å². The van der Waals surface area contributed by atoms with E-state index in [2.05, 4.69) is 36.8 Å². The zero-order valence-corrected chi connectivity index (χ0v) is 11.7. The second-order valence-corrected chi connectivity index (χ2v) is 11.3.